The third-order valence-corrected chi connectivity index (χ3v) is 4.22. The van der Waals surface area contributed by atoms with Gasteiger partial charge in [-0.3, -0.25) is 0 Å². The largest absolute Gasteiger partial charge is 0.352 e. The van der Waals surface area contributed by atoms with Crippen molar-refractivity contribution in [2.45, 2.75) is 0 Å². The monoisotopic (exact) mass is 332 g/mol. The topological polar surface area (TPSA) is 43.2 Å². The second-order valence-corrected chi connectivity index (χ2v) is 5.77. The molecule has 1 saturated heterocycles. The third-order valence-electron chi connectivity index (χ3n) is 3.86. The highest BCUT2D eigenvalue weighted by Gasteiger charge is 2.20. The van der Waals surface area contributed by atoms with Gasteiger partial charge in [0, 0.05) is 37.9 Å². The van der Waals surface area contributed by atoms with Crippen LogP contribution in [0.4, 0.5) is 5.82 Å². The minimum absolute atomic E-state index is 0.609. The van der Waals surface area contributed by atoms with E-state index >= 15 is 0 Å². The lowest BCUT2D eigenvalue weighted by atomic mass is 10.2. The number of pyridine rings is 1. The van der Waals surface area contributed by atoms with Crippen LogP contribution in [0.25, 0.3) is 0 Å². The Morgan fingerprint density at radius 2 is 1.79 bits per heavy atom. The van der Waals surface area contributed by atoms with Gasteiger partial charge in [-0.1, -0.05) is 36.3 Å². The number of aromatic nitrogens is 1. The average Bonchev–Trinajstić information content (AvgIpc) is 2.67. The van der Waals surface area contributed by atoms with Gasteiger partial charge in [-0.05, 0) is 30.2 Å². The maximum Gasteiger partial charge on any atom is 0.153 e. The molecule has 118 valence electrons. The van der Waals surface area contributed by atoms with Gasteiger partial charge in [-0.15, -0.1) is 0 Å². The summed E-state index contributed by atoms with van der Waals surface area (Å²) in [7, 11) is 0. The molecular formula is C19H16N4S. The van der Waals surface area contributed by atoms with E-state index in [1.54, 1.807) is 18.3 Å². The molecule has 0 aliphatic carbocycles. The molecule has 0 saturated carbocycles. The number of rotatable bonds is 1. The van der Waals surface area contributed by atoms with Crippen LogP contribution in [0.1, 0.15) is 11.1 Å². The molecule has 24 heavy (non-hydrogen) atoms. The first kappa shape index (κ1) is 16.0. The number of thiocarbonyl (C=S) groups is 1. The molecule has 0 N–H and O–H groups in total. The van der Waals surface area contributed by atoms with E-state index < -0.39 is 0 Å². The Hall–Kier alpha value is -2.89. The summed E-state index contributed by atoms with van der Waals surface area (Å²) < 4.78 is 0. The normalized spacial score (nSPS) is 13.6. The molecule has 1 aromatic heterocycles. The SMILES string of the molecule is N#Cc1cccnc1N1CCN(C(=S)C#Cc2ccccc2)CC1. The van der Waals surface area contributed by atoms with Crippen molar-refractivity contribution in [3.05, 3.63) is 59.8 Å². The van der Waals surface area contributed by atoms with Gasteiger partial charge in [0.25, 0.3) is 0 Å². The van der Waals surface area contributed by atoms with Crippen LogP contribution in [0.3, 0.4) is 0 Å². The van der Waals surface area contributed by atoms with Gasteiger partial charge in [0.2, 0.25) is 0 Å². The number of hydrogen-bond acceptors (Lipinski definition) is 4. The van der Waals surface area contributed by atoms with Crippen LogP contribution in [0.15, 0.2) is 48.7 Å². The van der Waals surface area contributed by atoms with E-state index in [4.69, 9.17) is 12.2 Å². The second-order valence-electron chi connectivity index (χ2n) is 5.38. The van der Waals surface area contributed by atoms with E-state index in [0.717, 1.165) is 37.6 Å². The number of piperazine rings is 1. The molecule has 1 aliphatic rings. The van der Waals surface area contributed by atoms with E-state index in [9.17, 15) is 5.26 Å². The van der Waals surface area contributed by atoms with Crippen molar-refractivity contribution in [2.75, 3.05) is 31.1 Å². The molecule has 0 amide bonds. The molecule has 2 aromatic rings. The summed E-state index contributed by atoms with van der Waals surface area (Å²) >= 11 is 5.44. The number of nitrogens with zero attached hydrogens (tertiary/aromatic N) is 4. The van der Waals surface area contributed by atoms with Gasteiger partial charge in [-0.25, -0.2) is 4.98 Å². The minimum Gasteiger partial charge on any atom is -0.352 e. The van der Waals surface area contributed by atoms with Gasteiger partial charge >= 0.3 is 0 Å². The van der Waals surface area contributed by atoms with E-state index in [1.807, 2.05) is 30.3 Å². The molecular weight excluding hydrogens is 316 g/mol. The maximum absolute atomic E-state index is 9.20. The molecule has 1 fully saturated rings. The lowest BCUT2D eigenvalue weighted by molar-refractivity contribution is 0.393. The highest BCUT2D eigenvalue weighted by atomic mass is 32.1. The zero-order chi connectivity index (χ0) is 16.8. The average molecular weight is 332 g/mol. The van der Waals surface area contributed by atoms with Gasteiger partial charge in [0.05, 0.1) is 5.56 Å². The Morgan fingerprint density at radius 3 is 2.50 bits per heavy atom. The molecule has 0 unspecified atom stereocenters. The van der Waals surface area contributed by atoms with Crippen molar-refractivity contribution < 1.29 is 0 Å². The Morgan fingerprint density at radius 1 is 1.04 bits per heavy atom. The summed E-state index contributed by atoms with van der Waals surface area (Å²) in [6.45, 7) is 3.12. The van der Waals surface area contributed by atoms with Crippen LogP contribution >= 0.6 is 12.2 Å². The molecule has 0 atom stereocenters. The highest BCUT2D eigenvalue weighted by molar-refractivity contribution is 7.80. The molecule has 2 heterocycles. The van der Waals surface area contributed by atoms with E-state index in [-0.39, 0.29) is 0 Å². The molecule has 0 bridgehead atoms. The number of nitriles is 1. The second kappa shape index (κ2) is 7.59. The molecule has 1 aliphatic heterocycles. The first-order chi connectivity index (χ1) is 11.8. The predicted octanol–water partition coefficient (Wildman–Crippen LogP) is 2.45. The molecule has 0 radical (unpaired) electrons. The number of hydrogen-bond donors (Lipinski definition) is 0. The van der Waals surface area contributed by atoms with Crippen LogP contribution in [0.2, 0.25) is 0 Å². The number of anilines is 1. The van der Waals surface area contributed by atoms with Gasteiger partial charge < -0.3 is 9.80 Å². The van der Waals surface area contributed by atoms with Gasteiger partial charge in [0.1, 0.15) is 11.9 Å². The quantitative estimate of drug-likeness (QED) is 0.593. The van der Waals surface area contributed by atoms with Crippen LogP contribution in [-0.4, -0.2) is 41.1 Å². The van der Waals surface area contributed by atoms with Crippen LogP contribution in [-0.2, 0) is 0 Å². The van der Waals surface area contributed by atoms with Crippen molar-refractivity contribution in [1.29, 1.82) is 5.26 Å². The molecule has 4 nitrogen and oxygen atoms in total. The van der Waals surface area contributed by atoms with Crippen LogP contribution in [0.5, 0.6) is 0 Å². The van der Waals surface area contributed by atoms with Crippen molar-refractivity contribution in [1.82, 2.24) is 9.88 Å². The predicted molar refractivity (Wildman–Crippen MR) is 98.7 cm³/mol. The standard InChI is InChI=1S/C19H16N4S/c20-15-17-7-4-10-21-19(17)23-13-11-22(12-14-23)18(24)9-8-16-5-2-1-3-6-16/h1-7,10H,11-14H2. The third kappa shape index (κ3) is 3.71. The Bertz CT molecular complexity index is 822. The van der Waals surface area contributed by atoms with Crippen molar-refractivity contribution >= 4 is 23.0 Å². The summed E-state index contributed by atoms with van der Waals surface area (Å²) in [5.41, 5.74) is 1.57. The molecule has 0 spiro atoms. The lowest BCUT2D eigenvalue weighted by Crippen LogP contribution is -2.48. The van der Waals surface area contributed by atoms with E-state index in [2.05, 4.69) is 32.7 Å². The molecule has 5 heteroatoms. The first-order valence-electron chi connectivity index (χ1n) is 7.74. The summed E-state index contributed by atoms with van der Waals surface area (Å²) in [5.74, 6) is 6.92. The fraction of sp³-hybridized carbons (Fsp3) is 0.211. The summed E-state index contributed by atoms with van der Waals surface area (Å²) in [6.07, 6.45) is 1.72. The van der Waals surface area contributed by atoms with E-state index in [0.29, 0.717) is 10.6 Å². The van der Waals surface area contributed by atoms with Crippen molar-refractivity contribution in [2.24, 2.45) is 0 Å². The fourth-order valence-corrected chi connectivity index (χ4v) is 2.82. The Balaban J connectivity index is 1.62. The fourth-order valence-electron chi connectivity index (χ4n) is 2.58. The zero-order valence-corrected chi connectivity index (χ0v) is 14.0. The van der Waals surface area contributed by atoms with Gasteiger partial charge in [0.15, 0.2) is 4.99 Å². The van der Waals surface area contributed by atoms with Gasteiger partial charge in [-0.2, -0.15) is 5.26 Å². The Kier molecular flexibility index (Phi) is 5.05. The van der Waals surface area contributed by atoms with E-state index in [1.165, 1.54) is 0 Å². The van der Waals surface area contributed by atoms with Crippen molar-refractivity contribution in [3.63, 3.8) is 0 Å². The lowest BCUT2D eigenvalue weighted by Gasteiger charge is -2.35. The number of benzene rings is 1. The summed E-state index contributed by atoms with van der Waals surface area (Å²) in [6, 6.07) is 15.6. The Labute approximate surface area is 147 Å². The smallest absolute Gasteiger partial charge is 0.153 e. The molecule has 1 aromatic carbocycles. The summed E-state index contributed by atoms with van der Waals surface area (Å²) in [4.78, 5) is 9.25. The highest BCUT2D eigenvalue weighted by Crippen LogP contribution is 2.18. The molecule has 3 rings (SSSR count). The first-order valence-corrected chi connectivity index (χ1v) is 8.15. The minimum atomic E-state index is 0.609. The van der Waals surface area contributed by atoms with Crippen molar-refractivity contribution in [3.8, 4) is 17.9 Å². The maximum atomic E-state index is 9.20. The van der Waals surface area contributed by atoms with Crippen LogP contribution < -0.4 is 4.90 Å². The van der Waals surface area contributed by atoms with Crippen LogP contribution in [0, 0.1) is 23.2 Å². The summed E-state index contributed by atoms with van der Waals surface area (Å²) in [5, 5.41) is 9.20. The zero-order valence-electron chi connectivity index (χ0n) is 13.1.